The SMILES string of the molecule is [2H]c1c([2H])c([2H])c(-c2c([2H])c([2H])c3sc4c(c3c2[2H])N(c2ccc(C(C)(C)C)cc2)c2c([2H])c([2H])c([2H])c3c2B4c2ccc(N(c4ccc(C(C)(C)C)cc4)c4ccccc4-c4ccccc4)cc2N3c2cccc3c2oc2ccccc23)c([2H])c1[2H]. The molecule has 0 aliphatic carbocycles. The van der Waals surface area contributed by atoms with Crippen LogP contribution >= 0.6 is 11.3 Å². The molecule has 0 saturated heterocycles. The zero-order valence-electron chi connectivity index (χ0n) is 53.8. The molecule has 6 heteroatoms. The Balaban J connectivity index is 1.13. The number of furan rings is 1. The zero-order valence-corrected chi connectivity index (χ0v) is 43.6. The van der Waals surface area contributed by atoms with Crippen molar-refractivity contribution in [2.75, 3.05) is 14.7 Å². The smallest absolute Gasteiger partial charge is 0.264 e. The van der Waals surface area contributed by atoms with Crippen LogP contribution in [-0.4, -0.2) is 6.71 Å². The van der Waals surface area contributed by atoms with Crippen molar-refractivity contribution in [2.45, 2.75) is 52.4 Å². The van der Waals surface area contributed by atoms with Crippen molar-refractivity contribution >= 4 is 117 Å². The number of nitrogens with zero attached hydrogens (tertiary/aromatic N) is 3. The summed E-state index contributed by atoms with van der Waals surface area (Å²) in [7, 11) is 0. The first-order valence-corrected chi connectivity index (χ1v) is 26.5. The Morgan fingerprint density at radius 3 is 1.95 bits per heavy atom. The minimum absolute atomic E-state index is 0.132. The Morgan fingerprint density at radius 2 is 1.18 bits per heavy atom. The van der Waals surface area contributed by atoms with Crippen LogP contribution in [0.4, 0.5) is 51.2 Å². The molecule has 14 rings (SSSR count). The number of para-hydroxylation sites is 3. The molecule has 12 aromatic rings. The Labute approximate surface area is 465 Å². The van der Waals surface area contributed by atoms with E-state index in [4.69, 9.17) is 11.3 Å². The van der Waals surface area contributed by atoms with Crippen LogP contribution < -0.4 is 30.4 Å². The van der Waals surface area contributed by atoms with E-state index in [1.165, 1.54) is 11.3 Å². The van der Waals surface area contributed by atoms with Crippen molar-refractivity contribution in [3.05, 3.63) is 241 Å². The molecular weight excluding hydrogens is 942 g/mol. The van der Waals surface area contributed by atoms with Crippen LogP contribution in [0, 0.1) is 0 Å². The molecule has 4 heterocycles. The molecule has 2 aliphatic heterocycles. The van der Waals surface area contributed by atoms with E-state index in [1.807, 2.05) is 107 Å². The Kier molecular flexibility index (Phi) is 8.20. The quantitative estimate of drug-likeness (QED) is 0.148. The van der Waals surface area contributed by atoms with Gasteiger partial charge in [0.05, 0.1) is 32.1 Å². The standard InChI is InChI=1S/C70H56BN3OS/c1-69(2,3)48-32-36-50(37-33-48)72(58-26-15-13-23-53(58)46-21-11-8-12-22-46)52-40-41-57-62(44-52)74(61-29-17-25-55-54-24-14-16-30-63(54)75-67(55)61)60-28-18-27-59-65(60)71(57)68-66(73(59)51-38-34-49(35-39-51)70(4,5)6)56-43-47(31-42-64(56)76-68)45-19-9-7-10-20-45/h7-44H,1-6H3/i7D,9D,10D,18D,19D,20D,27D,28D,31D,42D,43D. The Hall–Kier alpha value is -8.58. The maximum absolute atomic E-state index is 10.3. The lowest BCUT2D eigenvalue weighted by atomic mass is 9.36. The summed E-state index contributed by atoms with van der Waals surface area (Å²) in [4.78, 5) is 6.11. The molecule has 366 valence electrons. The number of fused-ring (bicyclic) bond motifs is 9. The van der Waals surface area contributed by atoms with Gasteiger partial charge in [-0.2, -0.15) is 0 Å². The van der Waals surface area contributed by atoms with Gasteiger partial charge in [-0.3, -0.25) is 0 Å². The van der Waals surface area contributed by atoms with Gasteiger partial charge in [0.15, 0.2) is 5.58 Å². The number of benzene rings is 10. The number of hydrogen-bond acceptors (Lipinski definition) is 5. The number of hydrogen-bond donors (Lipinski definition) is 0. The first kappa shape index (κ1) is 35.6. The summed E-state index contributed by atoms with van der Waals surface area (Å²) in [5.41, 5.74) is 10.9. The summed E-state index contributed by atoms with van der Waals surface area (Å²) in [6.45, 7) is 12.1. The van der Waals surface area contributed by atoms with Crippen molar-refractivity contribution in [2.24, 2.45) is 0 Å². The minimum Gasteiger partial charge on any atom is -0.454 e. The second-order valence-electron chi connectivity index (χ2n) is 21.7. The van der Waals surface area contributed by atoms with Gasteiger partial charge in [-0.1, -0.05) is 193 Å². The fourth-order valence-electron chi connectivity index (χ4n) is 11.2. The van der Waals surface area contributed by atoms with Gasteiger partial charge in [-0.25, -0.2) is 0 Å². The minimum atomic E-state index is -0.829. The van der Waals surface area contributed by atoms with E-state index in [0.717, 1.165) is 55.6 Å². The highest BCUT2D eigenvalue weighted by Crippen LogP contribution is 2.51. The molecule has 0 atom stereocenters. The van der Waals surface area contributed by atoms with E-state index >= 15 is 0 Å². The van der Waals surface area contributed by atoms with Crippen LogP contribution in [0.15, 0.2) is 235 Å². The van der Waals surface area contributed by atoms with Gasteiger partial charge in [0.2, 0.25) is 0 Å². The summed E-state index contributed by atoms with van der Waals surface area (Å²) >= 11 is 1.23. The molecule has 2 aliphatic rings. The van der Waals surface area contributed by atoms with Gasteiger partial charge >= 0.3 is 0 Å². The number of rotatable bonds is 7. The van der Waals surface area contributed by atoms with Crippen LogP contribution in [0.5, 0.6) is 0 Å². The normalized spacial score (nSPS) is 15.1. The molecule has 0 fully saturated rings. The average molecular weight is 1010 g/mol. The van der Waals surface area contributed by atoms with Crippen molar-refractivity contribution in [3.63, 3.8) is 0 Å². The lowest BCUT2D eigenvalue weighted by Gasteiger charge is -2.43. The summed E-state index contributed by atoms with van der Waals surface area (Å²) in [6.07, 6.45) is 0. The second-order valence-corrected chi connectivity index (χ2v) is 22.7. The lowest BCUT2D eigenvalue weighted by molar-refractivity contribution is 0.590. The van der Waals surface area contributed by atoms with Crippen LogP contribution in [0.25, 0.3) is 54.3 Å². The molecule has 0 bridgehead atoms. The summed E-state index contributed by atoms with van der Waals surface area (Å²) in [5.74, 6) is 0. The molecule has 0 radical (unpaired) electrons. The average Bonchev–Trinajstić information content (AvgIpc) is 1.67. The highest BCUT2D eigenvalue weighted by atomic mass is 32.1. The van der Waals surface area contributed by atoms with E-state index in [-0.39, 0.29) is 67.9 Å². The molecule has 0 spiro atoms. The highest BCUT2D eigenvalue weighted by molar-refractivity contribution is 7.33. The van der Waals surface area contributed by atoms with Crippen LogP contribution in [-0.2, 0) is 10.8 Å². The first-order valence-electron chi connectivity index (χ1n) is 31.1. The zero-order chi connectivity index (χ0) is 61.0. The topological polar surface area (TPSA) is 22.9 Å². The molecule has 0 unspecified atom stereocenters. The molecule has 0 saturated carbocycles. The Bertz CT molecular complexity index is 4850. The maximum atomic E-state index is 10.3. The van der Waals surface area contributed by atoms with Gasteiger partial charge in [-0.15, -0.1) is 11.3 Å². The van der Waals surface area contributed by atoms with Crippen molar-refractivity contribution in [1.29, 1.82) is 0 Å². The predicted octanol–water partition coefficient (Wildman–Crippen LogP) is 18.3. The van der Waals surface area contributed by atoms with E-state index in [9.17, 15) is 8.22 Å². The van der Waals surface area contributed by atoms with E-state index in [0.29, 0.717) is 49.8 Å². The van der Waals surface area contributed by atoms with Gasteiger partial charge in [-0.05, 0) is 128 Å². The molecule has 10 aromatic carbocycles. The van der Waals surface area contributed by atoms with Crippen molar-refractivity contribution in [3.8, 4) is 22.3 Å². The van der Waals surface area contributed by atoms with Crippen LogP contribution in [0.1, 0.15) is 67.7 Å². The second kappa shape index (κ2) is 17.5. The lowest BCUT2D eigenvalue weighted by Crippen LogP contribution is -2.60. The summed E-state index contributed by atoms with van der Waals surface area (Å²) in [6, 6.07) is 50.1. The third kappa shape index (κ3) is 7.41. The van der Waals surface area contributed by atoms with Crippen molar-refractivity contribution in [1.82, 2.24) is 0 Å². The van der Waals surface area contributed by atoms with E-state index in [2.05, 4.69) is 113 Å². The van der Waals surface area contributed by atoms with Crippen LogP contribution in [0.3, 0.4) is 0 Å². The molecular formula is C70H56BN3OS. The monoisotopic (exact) mass is 1010 g/mol. The van der Waals surface area contributed by atoms with Gasteiger partial charge in [0.25, 0.3) is 6.71 Å². The predicted molar refractivity (Wildman–Crippen MR) is 326 cm³/mol. The van der Waals surface area contributed by atoms with Crippen LogP contribution in [0.2, 0.25) is 0 Å². The summed E-state index contributed by atoms with van der Waals surface area (Å²) in [5, 5.41) is 1.91. The van der Waals surface area contributed by atoms with Gasteiger partial charge < -0.3 is 19.1 Å². The highest BCUT2D eigenvalue weighted by Gasteiger charge is 2.46. The maximum Gasteiger partial charge on any atom is 0.264 e. The van der Waals surface area contributed by atoms with Gasteiger partial charge in [0.1, 0.15) is 5.58 Å². The van der Waals surface area contributed by atoms with E-state index < -0.39 is 43.0 Å². The molecule has 0 N–H and O–H groups in total. The third-order valence-corrected chi connectivity index (χ3v) is 16.1. The number of anilines is 9. The fourth-order valence-corrected chi connectivity index (χ4v) is 12.4. The van der Waals surface area contributed by atoms with Gasteiger partial charge in [0, 0.05) is 65.3 Å². The third-order valence-electron chi connectivity index (χ3n) is 15.0. The molecule has 4 nitrogen and oxygen atoms in total. The summed E-state index contributed by atoms with van der Waals surface area (Å²) < 4.78 is 112. The molecule has 76 heavy (non-hydrogen) atoms. The fraction of sp³-hybridized carbons (Fsp3) is 0.114. The van der Waals surface area contributed by atoms with Crippen molar-refractivity contribution < 1.29 is 19.5 Å². The number of thiophene rings is 1. The largest absolute Gasteiger partial charge is 0.454 e. The molecule has 0 amide bonds. The molecule has 2 aromatic heterocycles. The van der Waals surface area contributed by atoms with E-state index in [1.54, 1.807) is 0 Å². The Morgan fingerprint density at radius 1 is 0.513 bits per heavy atom. The first-order chi connectivity index (χ1) is 41.6.